The van der Waals surface area contributed by atoms with Crippen LogP contribution in [0.25, 0.3) is 0 Å². The van der Waals surface area contributed by atoms with Gasteiger partial charge in [0.1, 0.15) is 5.41 Å². The highest BCUT2D eigenvalue weighted by Gasteiger charge is 2.39. The first-order chi connectivity index (χ1) is 9.36. The third-order valence-electron chi connectivity index (χ3n) is 4.08. The number of nitrogens with zero attached hydrogens (tertiary/aromatic N) is 3. The quantitative estimate of drug-likeness (QED) is 0.335. The summed E-state index contributed by atoms with van der Waals surface area (Å²) >= 11 is 0. The molecule has 0 aromatic rings. The Kier molecular flexibility index (Phi) is 5.35. The molecule has 1 saturated heterocycles. The zero-order valence-electron chi connectivity index (χ0n) is 12.4. The van der Waals surface area contributed by atoms with Crippen LogP contribution in [0.4, 0.5) is 0 Å². The zero-order chi connectivity index (χ0) is 15.3. The molecule has 1 atom stereocenters. The van der Waals surface area contributed by atoms with Crippen LogP contribution in [0, 0.1) is 5.41 Å². The van der Waals surface area contributed by atoms with Gasteiger partial charge in [0.05, 0.1) is 0 Å². The maximum atomic E-state index is 12.6. The van der Waals surface area contributed by atoms with Crippen molar-refractivity contribution in [2.45, 2.75) is 33.6 Å². The van der Waals surface area contributed by atoms with E-state index in [1.54, 1.807) is 16.7 Å². The van der Waals surface area contributed by atoms with E-state index in [0.717, 1.165) is 6.42 Å². The molecule has 0 spiro atoms. The Morgan fingerprint density at radius 1 is 1.25 bits per heavy atom. The first-order valence-corrected chi connectivity index (χ1v) is 6.89. The summed E-state index contributed by atoms with van der Waals surface area (Å²) in [5.41, 5.74) is 4.67. The molecule has 0 aromatic carbocycles. The van der Waals surface area contributed by atoms with Crippen LogP contribution in [-0.2, 0) is 9.59 Å². The minimum Gasteiger partial charge on any atom is -0.409 e. The molecule has 0 bridgehead atoms. The molecule has 0 aliphatic carbocycles. The fourth-order valence-electron chi connectivity index (χ4n) is 2.34. The molecule has 7 nitrogen and oxygen atoms in total. The fraction of sp³-hybridized carbons (Fsp3) is 0.769. The van der Waals surface area contributed by atoms with Gasteiger partial charge >= 0.3 is 0 Å². The number of nitrogens with two attached hydrogens (primary N) is 1. The van der Waals surface area contributed by atoms with Gasteiger partial charge in [-0.15, -0.1) is 0 Å². The first kappa shape index (κ1) is 16.3. The second kappa shape index (κ2) is 6.58. The molecule has 0 radical (unpaired) electrons. The number of amides is 2. The average molecular weight is 284 g/mol. The van der Waals surface area contributed by atoms with Crippen LogP contribution < -0.4 is 5.73 Å². The van der Waals surface area contributed by atoms with Gasteiger partial charge in [-0.3, -0.25) is 9.59 Å². The van der Waals surface area contributed by atoms with Crippen LogP contribution in [-0.4, -0.2) is 58.8 Å². The monoisotopic (exact) mass is 284 g/mol. The number of hydrogen-bond acceptors (Lipinski definition) is 4. The molecule has 1 unspecified atom stereocenters. The van der Waals surface area contributed by atoms with Crippen molar-refractivity contribution < 1.29 is 14.8 Å². The molecule has 1 heterocycles. The number of carbonyl (C=O) groups is 2. The lowest BCUT2D eigenvalue weighted by Crippen LogP contribution is -2.50. The fourth-order valence-corrected chi connectivity index (χ4v) is 2.34. The Morgan fingerprint density at radius 2 is 1.80 bits per heavy atom. The minimum absolute atomic E-state index is 0.0222. The lowest BCUT2D eigenvalue weighted by molar-refractivity contribution is -0.138. The summed E-state index contributed by atoms with van der Waals surface area (Å²) in [6.07, 6.45) is 1.19. The Balaban J connectivity index is 2.84. The highest BCUT2D eigenvalue weighted by Crippen LogP contribution is 2.25. The van der Waals surface area contributed by atoms with Crippen molar-refractivity contribution in [3.63, 3.8) is 0 Å². The zero-order valence-corrected chi connectivity index (χ0v) is 12.4. The van der Waals surface area contributed by atoms with E-state index in [0.29, 0.717) is 32.6 Å². The molecule has 0 saturated carbocycles. The second-order valence-electron chi connectivity index (χ2n) is 5.32. The van der Waals surface area contributed by atoms with Crippen LogP contribution >= 0.6 is 0 Å². The van der Waals surface area contributed by atoms with Gasteiger partial charge in [-0.2, -0.15) is 0 Å². The Bertz CT molecular complexity index is 410. The van der Waals surface area contributed by atoms with E-state index in [1.165, 1.54) is 6.92 Å². The Hall–Kier alpha value is -1.79. The molecule has 1 fully saturated rings. The molecule has 20 heavy (non-hydrogen) atoms. The molecule has 1 aliphatic rings. The van der Waals surface area contributed by atoms with Crippen molar-refractivity contribution in [3.05, 3.63) is 0 Å². The average Bonchev–Trinajstić information content (AvgIpc) is 2.70. The third kappa shape index (κ3) is 3.20. The van der Waals surface area contributed by atoms with Crippen LogP contribution in [0.15, 0.2) is 5.16 Å². The number of carbonyl (C=O) groups excluding carboxylic acids is 2. The van der Waals surface area contributed by atoms with E-state index >= 15 is 0 Å². The standard InChI is InChI=1S/C13H24N4O3/c1-4-13(3,11(14)15-20)12(19)17-7-5-6-16(8-9-17)10(2)18/h20H,4-9H2,1-3H3,(H2,14,15). The molecule has 2 amide bonds. The number of hydrogen-bond donors (Lipinski definition) is 2. The minimum atomic E-state index is -1.000. The Morgan fingerprint density at radius 3 is 2.30 bits per heavy atom. The van der Waals surface area contributed by atoms with Crippen molar-refractivity contribution in [1.82, 2.24) is 9.80 Å². The first-order valence-electron chi connectivity index (χ1n) is 6.89. The number of rotatable bonds is 3. The van der Waals surface area contributed by atoms with E-state index in [-0.39, 0.29) is 17.6 Å². The second-order valence-corrected chi connectivity index (χ2v) is 5.32. The third-order valence-corrected chi connectivity index (χ3v) is 4.08. The van der Waals surface area contributed by atoms with Gasteiger partial charge in [-0.25, -0.2) is 0 Å². The van der Waals surface area contributed by atoms with Crippen molar-refractivity contribution in [3.8, 4) is 0 Å². The topological polar surface area (TPSA) is 99.2 Å². The van der Waals surface area contributed by atoms with Crippen molar-refractivity contribution in [2.75, 3.05) is 26.2 Å². The summed E-state index contributed by atoms with van der Waals surface area (Å²) in [5.74, 6) is -0.202. The van der Waals surface area contributed by atoms with Gasteiger partial charge in [0.25, 0.3) is 0 Å². The lowest BCUT2D eigenvalue weighted by atomic mass is 9.84. The molecule has 1 rings (SSSR count). The summed E-state index contributed by atoms with van der Waals surface area (Å²) in [6.45, 7) is 7.28. The molecule has 0 aromatic heterocycles. The molecule has 114 valence electrons. The van der Waals surface area contributed by atoms with Crippen LogP contribution in [0.5, 0.6) is 0 Å². The van der Waals surface area contributed by atoms with Crippen molar-refractivity contribution in [2.24, 2.45) is 16.3 Å². The number of amidine groups is 1. The van der Waals surface area contributed by atoms with E-state index in [4.69, 9.17) is 10.9 Å². The summed E-state index contributed by atoms with van der Waals surface area (Å²) in [4.78, 5) is 27.5. The molecular formula is C13H24N4O3. The van der Waals surface area contributed by atoms with Gasteiger partial charge in [0, 0.05) is 33.1 Å². The van der Waals surface area contributed by atoms with E-state index in [9.17, 15) is 9.59 Å². The van der Waals surface area contributed by atoms with Gasteiger partial charge in [-0.05, 0) is 19.8 Å². The highest BCUT2D eigenvalue weighted by molar-refractivity contribution is 6.06. The Labute approximate surface area is 119 Å². The summed E-state index contributed by atoms with van der Waals surface area (Å²) in [5, 5.41) is 11.9. The van der Waals surface area contributed by atoms with Gasteiger partial charge in [0.15, 0.2) is 5.84 Å². The summed E-state index contributed by atoms with van der Waals surface area (Å²) in [6, 6.07) is 0. The SMILES string of the molecule is CCC(C)(C(=O)N1CCCN(C(C)=O)CC1)C(N)=NO. The molecule has 1 aliphatic heterocycles. The maximum Gasteiger partial charge on any atom is 0.236 e. The summed E-state index contributed by atoms with van der Waals surface area (Å²) < 4.78 is 0. The largest absolute Gasteiger partial charge is 0.409 e. The normalized spacial score (nSPS) is 20.2. The van der Waals surface area contributed by atoms with E-state index < -0.39 is 5.41 Å². The van der Waals surface area contributed by atoms with Gasteiger partial charge < -0.3 is 20.7 Å². The maximum absolute atomic E-state index is 12.6. The van der Waals surface area contributed by atoms with Crippen LogP contribution in [0.1, 0.15) is 33.6 Å². The molecule has 7 heteroatoms. The van der Waals surface area contributed by atoms with Crippen molar-refractivity contribution >= 4 is 17.6 Å². The summed E-state index contributed by atoms with van der Waals surface area (Å²) in [7, 11) is 0. The van der Waals surface area contributed by atoms with Gasteiger partial charge in [-0.1, -0.05) is 12.1 Å². The molecule has 3 N–H and O–H groups in total. The van der Waals surface area contributed by atoms with Gasteiger partial charge in [0.2, 0.25) is 11.8 Å². The molecular weight excluding hydrogens is 260 g/mol. The number of oxime groups is 1. The predicted octanol–water partition coefficient (Wildman–Crippen LogP) is 0.230. The van der Waals surface area contributed by atoms with Crippen molar-refractivity contribution in [1.29, 1.82) is 0 Å². The van der Waals surface area contributed by atoms with E-state index in [1.807, 2.05) is 6.92 Å². The van der Waals surface area contributed by atoms with Crippen LogP contribution in [0.3, 0.4) is 0 Å². The highest BCUT2D eigenvalue weighted by atomic mass is 16.4. The smallest absolute Gasteiger partial charge is 0.236 e. The van der Waals surface area contributed by atoms with E-state index in [2.05, 4.69) is 5.16 Å². The lowest BCUT2D eigenvalue weighted by Gasteiger charge is -2.32. The predicted molar refractivity (Wildman–Crippen MR) is 75.3 cm³/mol. The van der Waals surface area contributed by atoms with Crippen LogP contribution in [0.2, 0.25) is 0 Å².